The van der Waals surface area contributed by atoms with Crippen LogP contribution in [0.15, 0.2) is 30.5 Å². The second-order valence-corrected chi connectivity index (χ2v) is 4.53. The summed E-state index contributed by atoms with van der Waals surface area (Å²) in [7, 11) is 1.93. The van der Waals surface area contributed by atoms with Crippen LogP contribution >= 0.6 is 0 Å². The molecule has 0 saturated carbocycles. The Morgan fingerprint density at radius 1 is 1.35 bits per heavy atom. The van der Waals surface area contributed by atoms with Crippen molar-refractivity contribution < 1.29 is 4.74 Å². The number of aryl methyl sites for hydroxylation is 2. The first kappa shape index (κ1) is 14.2. The molecule has 0 aliphatic heterocycles. The van der Waals surface area contributed by atoms with Gasteiger partial charge in [0.2, 0.25) is 0 Å². The third-order valence-corrected chi connectivity index (χ3v) is 3.07. The van der Waals surface area contributed by atoms with E-state index >= 15 is 0 Å². The zero-order valence-corrected chi connectivity index (χ0v) is 11.9. The topological polar surface area (TPSA) is 53.1 Å². The van der Waals surface area contributed by atoms with Crippen LogP contribution in [0.1, 0.15) is 16.8 Å². The van der Waals surface area contributed by atoms with E-state index in [1.165, 1.54) is 0 Å². The minimum atomic E-state index is 0.377. The van der Waals surface area contributed by atoms with Crippen LogP contribution in [0.3, 0.4) is 0 Å². The van der Waals surface area contributed by atoms with E-state index in [0.29, 0.717) is 13.2 Å². The van der Waals surface area contributed by atoms with Gasteiger partial charge in [-0.1, -0.05) is 11.8 Å². The largest absolute Gasteiger partial charge is 0.493 e. The van der Waals surface area contributed by atoms with Gasteiger partial charge < -0.3 is 10.5 Å². The van der Waals surface area contributed by atoms with Crippen LogP contribution in [0.25, 0.3) is 0 Å². The third kappa shape index (κ3) is 3.62. The molecule has 0 unspecified atom stereocenters. The van der Waals surface area contributed by atoms with Gasteiger partial charge in [0, 0.05) is 30.9 Å². The third-order valence-electron chi connectivity index (χ3n) is 3.07. The fraction of sp³-hybridized carbons (Fsp3) is 0.312. The van der Waals surface area contributed by atoms with Gasteiger partial charge in [-0.3, -0.25) is 4.68 Å². The van der Waals surface area contributed by atoms with E-state index in [0.717, 1.165) is 29.0 Å². The fourth-order valence-corrected chi connectivity index (χ4v) is 1.93. The maximum absolute atomic E-state index is 5.76. The van der Waals surface area contributed by atoms with Gasteiger partial charge in [-0.05, 0) is 36.8 Å². The number of hydrogen-bond acceptors (Lipinski definition) is 3. The molecule has 0 aliphatic rings. The van der Waals surface area contributed by atoms with Gasteiger partial charge in [-0.2, -0.15) is 5.10 Å². The first-order valence-corrected chi connectivity index (χ1v) is 6.60. The molecule has 1 aromatic carbocycles. The molecule has 1 aromatic heterocycles. The summed E-state index contributed by atoms with van der Waals surface area (Å²) in [6, 6.07) is 7.91. The Morgan fingerprint density at radius 2 is 2.20 bits per heavy atom. The van der Waals surface area contributed by atoms with Gasteiger partial charge in [0.15, 0.2) is 0 Å². The SMILES string of the molecule is Cc1cc(OCCc2ccnn2C)ccc1C#CCN. The molecular formula is C16H19N3O. The quantitative estimate of drug-likeness (QED) is 0.859. The maximum atomic E-state index is 5.76. The average Bonchev–Trinajstić information content (AvgIpc) is 2.84. The van der Waals surface area contributed by atoms with Gasteiger partial charge in [-0.15, -0.1) is 0 Å². The van der Waals surface area contributed by atoms with Crippen LogP contribution in [-0.2, 0) is 13.5 Å². The van der Waals surface area contributed by atoms with Gasteiger partial charge in [0.25, 0.3) is 0 Å². The number of ether oxygens (including phenoxy) is 1. The molecule has 0 radical (unpaired) electrons. The lowest BCUT2D eigenvalue weighted by atomic mass is 10.1. The smallest absolute Gasteiger partial charge is 0.119 e. The maximum Gasteiger partial charge on any atom is 0.119 e. The van der Waals surface area contributed by atoms with Crippen molar-refractivity contribution in [3.05, 3.63) is 47.3 Å². The van der Waals surface area contributed by atoms with Gasteiger partial charge in [0.1, 0.15) is 5.75 Å². The first-order valence-electron chi connectivity index (χ1n) is 6.60. The van der Waals surface area contributed by atoms with E-state index in [-0.39, 0.29) is 0 Å². The van der Waals surface area contributed by atoms with E-state index < -0.39 is 0 Å². The lowest BCUT2D eigenvalue weighted by Gasteiger charge is -2.08. The number of hydrogen-bond donors (Lipinski definition) is 1. The Kier molecular flexibility index (Phi) is 4.80. The summed E-state index contributed by atoms with van der Waals surface area (Å²) in [4.78, 5) is 0. The number of nitrogens with two attached hydrogens (primary N) is 1. The molecule has 1 heterocycles. The minimum absolute atomic E-state index is 0.377. The Balaban J connectivity index is 1.94. The molecule has 20 heavy (non-hydrogen) atoms. The molecule has 0 amide bonds. The molecule has 0 saturated heterocycles. The molecule has 0 atom stereocenters. The van der Waals surface area contributed by atoms with E-state index in [1.807, 2.05) is 42.9 Å². The van der Waals surface area contributed by atoms with Crippen molar-refractivity contribution in [2.24, 2.45) is 12.8 Å². The highest BCUT2D eigenvalue weighted by atomic mass is 16.5. The van der Waals surface area contributed by atoms with Crippen molar-refractivity contribution >= 4 is 0 Å². The molecule has 0 fully saturated rings. The molecule has 0 spiro atoms. The van der Waals surface area contributed by atoms with Crippen LogP contribution in [0.5, 0.6) is 5.75 Å². The van der Waals surface area contributed by atoms with E-state index in [1.54, 1.807) is 6.20 Å². The summed E-state index contributed by atoms with van der Waals surface area (Å²) in [5, 5.41) is 4.13. The minimum Gasteiger partial charge on any atom is -0.493 e. The summed E-state index contributed by atoms with van der Waals surface area (Å²) in [6.45, 7) is 3.03. The molecule has 104 valence electrons. The van der Waals surface area contributed by atoms with Crippen LogP contribution in [0.4, 0.5) is 0 Å². The highest BCUT2D eigenvalue weighted by molar-refractivity contribution is 5.44. The average molecular weight is 269 g/mol. The van der Waals surface area contributed by atoms with Crippen molar-refractivity contribution in [2.45, 2.75) is 13.3 Å². The standard InChI is InChI=1S/C16H19N3O/c1-13-12-16(6-5-14(13)4-3-9-17)20-11-8-15-7-10-18-19(15)2/h5-7,10,12H,8-9,11,17H2,1-2H3. The zero-order valence-electron chi connectivity index (χ0n) is 11.9. The number of benzene rings is 1. The highest BCUT2D eigenvalue weighted by Crippen LogP contribution is 2.16. The molecule has 2 aromatic rings. The summed E-state index contributed by atoms with van der Waals surface area (Å²) in [6.07, 6.45) is 2.63. The van der Waals surface area contributed by atoms with E-state index in [2.05, 4.69) is 16.9 Å². The summed E-state index contributed by atoms with van der Waals surface area (Å²) in [5.41, 5.74) is 8.63. The van der Waals surface area contributed by atoms with Crippen molar-refractivity contribution in [1.29, 1.82) is 0 Å². The second-order valence-electron chi connectivity index (χ2n) is 4.53. The lowest BCUT2D eigenvalue weighted by Crippen LogP contribution is -2.06. The van der Waals surface area contributed by atoms with E-state index in [4.69, 9.17) is 10.5 Å². The molecule has 4 nitrogen and oxygen atoms in total. The molecule has 2 rings (SSSR count). The first-order chi connectivity index (χ1) is 9.70. The molecule has 4 heteroatoms. The van der Waals surface area contributed by atoms with Gasteiger partial charge in [-0.25, -0.2) is 0 Å². The highest BCUT2D eigenvalue weighted by Gasteiger charge is 2.01. The lowest BCUT2D eigenvalue weighted by molar-refractivity contribution is 0.318. The molecule has 0 aliphatic carbocycles. The Labute approximate surface area is 119 Å². The Morgan fingerprint density at radius 3 is 2.85 bits per heavy atom. The number of aromatic nitrogens is 2. The summed E-state index contributed by atoms with van der Waals surface area (Å²) in [5.74, 6) is 6.77. The number of nitrogens with zero attached hydrogens (tertiary/aromatic N) is 2. The van der Waals surface area contributed by atoms with Crippen LogP contribution in [-0.4, -0.2) is 22.9 Å². The summed E-state index contributed by atoms with van der Waals surface area (Å²) < 4.78 is 7.62. The van der Waals surface area contributed by atoms with Gasteiger partial charge >= 0.3 is 0 Å². The Hall–Kier alpha value is -2.25. The summed E-state index contributed by atoms with van der Waals surface area (Å²) >= 11 is 0. The van der Waals surface area contributed by atoms with Crippen molar-refractivity contribution in [2.75, 3.05) is 13.2 Å². The van der Waals surface area contributed by atoms with E-state index in [9.17, 15) is 0 Å². The number of rotatable bonds is 4. The van der Waals surface area contributed by atoms with Crippen LogP contribution in [0.2, 0.25) is 0 Å². The van der Waals surface area contributed by atoms with Crippen molar-refractivity contribution in [3.63, 3.8) is 0 Å². The predicted octanol–water partition coefficient (Wildman–Crippen LogP) is 1.66. The zero-order chi connectivity index (χ0) is 14.4. The molecule has 0 bridgehead atoms. The van der Waals surface area contributed by atoms with Crippen LogP contribution < -0.4 is 10.5 Å². The Bertz CT molecular complexity index is 635. The normalized spacial score (nSPS) is 9.95. The van der Waals surface area contributed by atoms with Crippen molar-refractivity contribution in [1.82, 2.24) is 9.78 Å². The molecular weight excluding hydrogens is 250 g/mol. The monoisotopic (exact) mass is 269 g/mol. The predicted molar refractivity (Wildman–Crippen MR) is 79.5 cm³/mol. The van der Waals surface area contributed by atoms with Crippen molar-refractivity contribution in [3.8, 4) is 17.6 Å². The molecule has 2 N–H and O–H groups in total. The fourth-order valence-electron chi connectivity index (χ4n) is 1.93. The van der Waals surface area contributed by atoms with Gasteiger partial charge in [0.05, 0.1) is 13.2 Å². The van der Waals surface area contributed by atoms with Crippen LogP contribution in [0, 0.1) is 18.8 Å². The second kappa shape index (κ2) is 6.78.